The van der Waals surface area contributed by atoms with Crippen LogP contribution in [0.25, 0.3) is 16.5 Å². The van der Waals surface area contributed by atoms with Gasteiger partial charge in [0.2, 0.25) is 5.88 Å². The molecular weight excluding hydrogens is 356 g/mol. The minimum Gasteiger partial charge on any atom is -0.493 e. The third-order valence-corrected chi connectivity index (χ3v) is 5.06. The van der Waals surface area contributed by atoms with Gasteiger partial charge in [0.05, 0.1) is 11.9 Å². The largest absolute Gasteiger partial charge is 0.493 e. The number of fused-ring (bicyclic) bond motifs is 1. The first-order valence-electron chi connectivity index (χ1n) is 9.50. The van der Waals surface area contributed by atoms with Gasteiger partial charge in [-0.3, -0.25) is 14.8 Å². The number of hydrogen-bond donors (Lipinski definition) is 2. The summed E-state index contributed by atoms with van der Waals surface area (Å²) >= 11 is 0. The van der Waals surface area contributed by atoms with Crippen LogP contribution in [0.5, 0.6) is 5.88 Å². The summed E-state index contributed by atoms with van der Waals surface area (Å²) in [5.74, 6) is -0.413. The highest BCUT2D eigenvalue weighted by atomic mass is 16.3. The lowest BCUT2D eigenvalue weighted by Crippen LogP contribution is -2.31. The van der Waals surface area contributed by atoms with E-state index in [4.69, 9.17) is 0 Å². The number of hydrogen-bond acceptors (Lipinski definition) is 5. The predicted molar refractivity (Wildman–Crippen MR) is 109 cm³/mol. The Kier molecular flexibility index (Phi) is 4.97. The van der Waals surface area contributed by atoms with Crippen LogP contribution in [0, 0.1) is 0 Å². The molecule has 144 valence electrons. The Labute approximate surface area is 161 Å². The normalized spacial score (nSPS) is 15.2. The monoisotopic (exact) mass is 378 g/mol. The van der Waals surface area contributed by atoms with E-state index in [-0.39, 0.29) is 5.56 Å². The maximum absolute atomic E-state index is 12.5. The van der Waals surface area contributed by atoms with Gasteiger partial charge in [-0.15, -0.1) is 0 Å². The van der Waals surface area contributed by atoms with Crippen LogP contribution in [0.15, 0.2) is 57.2 Å². The number of nitrogens with zero attached hydrogens (tertiary/aromatic N) is 3. The first-order chi connectivity index (χ1) is 13.6. The van der Waals surface area contributed by atoms with Crippen LogP contribution in [0.2, 0.25) is 0 Å². The van der Waals surface area contributed by atoms with Gasteiger partial charge in [0, 0.05) is 18.5 Å². The summed E-state index contributed by atoms with van der Waals surface area (Å²) in [4.78, 5) is 27.1. The first kappa shape index (κ1) is 18.0. The maximum atomic E-state index is 12.5. The molecule has 3 aromatic rings. The summed E-state index contributed by atoms with van der Waals surface area (Å²) in [5, 5.41) is 18.8. The fourth-order valence-electron chi connectivity index (χ4n) is 3.59. The zero-order valence-corrected chi connectivity index (χ0v) is 15.5. The third kappa shape index (κ3) is 3.43. The summed E-state index contributed by atoms with van der Waals surface area (Å²) in [7, 11) is 0. The van der Waals surface area contributed by atoms with E-state index in [1.54, 1.807) is 12.1 Å². The van der Waals surface area contributed by atoms with E-state index < -0.39 is 17.1 Å². The van der Waals surface area contributed by atoms with Crippen molar-refractivity contribution in [3.8, 4) is 11.6 Å². The summed E-state index contributed by atoms with van der Waals surface area (Å²) < 4.78 is 1.12. The lowest BCUT2D eigenvalue weighted by atomic mass is 10.1. The number of hydrazone groups is 1. The van der Waals surface area contributed by atoms with Gasteiger partial charge in [0.1, 0.15) is 5.56 Å². The predicted octanol–water partition coefficient (Wildman–Crippen LogP) is 2.59. The van der Waals surface area contributed by atoms with Gasteiger partial charge >= 0.3 is 5.69 Å². The van der Waals surface area contributed by atoms with Gasteiger partial charge in [-0.25, -0.2) is 9.36 Å². The molecule has 1 aliphatic rings. The zero-order valence-electron chi connectivity index (χ0n) is 15.5. The van der Waals surface area contributed by atoms with Crippen LogP contribution in [0.3, 0.4) is 0 Å². The average Bonchev–Trinajstić information content (AvgIpc) is 2.96. The van der Waals surface area contributed by atoms with E-state index in [0.717, 1.165) is 41.3 Å². The molecule has 1 aromatic heterocycles. The molecule has 2 N–H and O–H groups in total. The van der Waals surface area contributed by atoms with E-state index in [0.29, 0.717) is 5.69 Å². The van der Waals surface area contributed by atoms with E-state index in [1.165, 1.54) is 19.1 Å². The Morgan fingerprint density at radius 3 is 2.46 bits per heavy atom. The second-order valence-corrected chi connectivity index (χ2v) is 6.94. The molecule has 1 aliphatic heterocycles. The molecule has 1 saturated heterocycles. The number of benzene rings is 2. The zero-order chi connectivity index (χ0) is 19.5. The van der Waals surface area contributed by atoms with E-state index >= 15 is 0 Å². The Bertz CT molecular complexity index is 1130. The molecule has 4 rings (SSSR count). The van der Waals surface area contributed by atoms with Crippen molar-refractivity contribution in [3.05, 3.63) is 68.9 Å². The molecule has 7 nitrogen and oxygen atoms in total. The molecule has 2 heterocycles. The van der Waals surface area contributed by atoms with Gasteiger partial charge in [-0.2, -0.15) is 5.10 Å². The molecule has 0 aliphatic carbocycles. The Balaban J connectivity index is 1.82. The summed E-state index contributed by atoms with van der Waals surface area (Å²) in [6.07, 6.45) is 5.79. The van der Waals surface area contributed by atoms with Gasteiger partial charge in [0.15, 0.2) is 0 Å². The van der Waals surface area contributed by atoms with Gasteiger partial charge in [0.25, 0.3) is 5.56 Å². The Morgan fingerprint density at radius 2 is 1.68 bits per heavy atom. The first-order valence-corrected chi connectivity index (χ1v) is 9.50. The van der Waals surface area contributed by atoms with Crippen molar-refractivity contribution in [2.24, 2.45) is 5.10 Å². The van der Waals surface area contributed by atoms with Crippen molar-refractivity contribution in [2.75, 3.05) is 13.1 Å². The number of aromatic nitrogens is 2. The van der Waals surface area contributed by atoms with Crippen molar-refractivity contribution < 1.29 is 5.11 Å². The Morgan fingerprint density at radius 1 is 0.964 bits per heavy atom. The number of rotatable bonds is 3. The van der Waals surface area contributed by atoms with Crippen LogP contribution < -0.4 is 11.2 Å². The minimum atomic E-state index is -0.689. The average molecular weight is 378 g/mol. The molecule has 0 unspecified atom stereocenters. The van der Waals surface area contributed by atoms with Crippen LogP contribution in [-0.4, -0.2) is 39.0 Å². The standard InChI is InChI=1S/C21H22N4O3/c26-19-17(14-22-24-12-5-1-2-6-13-24)20(27)25(21(28)23-19)18-11-7-9-15-8-3-4-10-16(15)18/h3-4,7-11,14,27H,1-2,5-6,12-13H2,(H,23,26,28)/b22-14+. The van der Waals surface area contributed by atoms with E-state index in [2.05, 4.69) is 10.1 Å². The van der Waals surface area contributed by atoms with Crippen LogP contribution in [0.4, 0.5) is 0 Å². The van der Waals surface area contributed by atoms with Crippen LogP contribution in [0.1, 0.15) is 31.2 Å². The highest BCUT2D eigenvalue weighted by Gasteiger charge is 2.16. The topological polar surface area (TPSA) is 90.7 Å². The number of aromatic hydroxyl groups is 1. The lowest BCUT2D eigenvalue weighted by molar-refractivity contribution is 0.302. The highest BCUT2D eigenvalue weighted by Crippen LogP contribution is 2.24. The molecule has 0 saturated carbocycles. The van der Waals surface area contributed by atoms with Crippen molar-refractivity contribution in [2.45, 2.75) is 25.7 Å². The van der Waals surface area contributed by atoms with Crippen molar-refractivity contribution in [1.82, 2.24) is 14.6 Å². The van der Waals surface area contributed by atoms with Crippen LogP contribution in [-0.2, 0) is 0 Å². The molecule has 7 heteroatoms. The molecule has 0 bridgehead atoms. The molecule has 0 atom stereocenters. The maximum Gasteiger partial charge on any atom is 0.335 e. The van der Waals surface area contributed by atoms with Crippen molar-refractivity contribution in [1.29, 1.82) is 0 Å². The fourth-order valence-corrected chi connectivity index (χ4v) is 3.59. The molecular formula is C21H22N4O3. The third-order valence-electron chi connectivity index (χ3n) is 5.06. The lowest BCUT2D eigenvalue weighted by Gasteiger charge is -2.16. The molecule has 0 amide bonds. The summed E-state index contributed by atoms with van der Waals surface area (Å²) in [6, 6.07) is 13.0. The second-order valence-electron chi connectivity index (χ2n) is 6.94. The minimum absolute atomic E-state index is 0.0308. The fraction of sp³-hybridized carbons (Fsp3) is 0.286. The number of aromatic amines is 1. The summed E-state index contributed by atoms with van der Waals surface area (Å²) in [6.45, 7) is 1.64. The smallest absolute Gasteiger partial charge is 0.335 e. The number of nitrogens with one attached hydrogen (secondary N) is 1. The van der Waals surface area contributed by atoms with Gasteiger partial charge in [-0.1, -0.05) is 49.2 Å². The quantitative estimate of drug-likeness (QED) is 0.686. The van der Waals surface area contributed by atoms with Gasteiger partial charge in [-0.05, 0) is 24.3 Å². The SMILES string of the molecule is O=c1[nH]c(=O)n(-c2cccc3ccccc23)c(O)c1/C=N/N1CCCCCC1. The Hall–Kier alpha value is -3.35. The van der Waals surface area contributed by atoms with E-state index in [9.17, 15) is 14.7 Å². The summed E-state index contributed by atoms with van der Waals surface area (Å²) in [5.41, 5.74) is -0.874. The molecule has 0 spiro atoms. The van der Waals surface area contributed by atoms with Crippen molar-refractivity contribution in [3.63, 3.8) is 0 Å². The van der Waals surface area contributed by atoms with Crippen LogP contribution >= 0.6 is 0 Å². The second kappa shape index (κ2) is 7.72. The van der Waals surface area contributed by atoms with Gasteiger partial charge < -0.3 is 5.11 Å². The van der Waals surface area contributed by atoms with E-state index in [1.807, 2.05) is 35.3 Å². The molecule has 2 aromatic carbocycles. The molecule has 28 heavy (non-hydrogen) atoms. The molecule has 1 fully saturated rings. The highest BCUT2D eigenvalue weighted by molar-refractivity contribution is 5.91. The van der Waals surface area contributed by atoms with Crippen molar-refractivity contribution >= 4 is 17.0 Å². The number of H-pyrrole nitrogens is 1. The molecule has 0 radical (unpaired) electrons.